The number of carbonyl (C=O) groups excluding carboxylic acids is 1. The molecule has 0 aromatic rings. The van der Waals surface area contributed by atoms with Crippen molar-refractivity contribution in [3.8, 4) is 0 Å². The van der Waals surface area contributed by atoms with Gasteiger partial charge in [0.15, 0.2) is 0 Å². The van der Waals surface area contributed by atoms with Gasteiger partial charge in [0.25, 0.3) is 0 Å². The molecular formula is C5H10N2O4. The van der Waals surface area contributed by atoms with Gasteiger partial charge in [0.05, 0.1) is 13.2 Å². The number of aliphatic hydroxyl groups excluding tert-OH is 1. The Morgan fingerprint density at radius 1 is 1.55 bits per heavy atom. The summed E-state index contributed by atoms with van der Waals surface area (Å²) in [6.07, 6.45) is -0.324. The molecule has 0 rings (SSSR count). The highest BCUT2D eigenvalue weighted by Gasteiger charge is 2.17. The van der Waals surface area contributed by atoms with E-state index in [-0.39, 0.29) is 6.42 Å². The predicted octanol–water partition coefficient (Wildman–Crippen LogP) is -2.15. The van der Waals surface area contributed by atoms with E-state index in [2.05, 4.69) is 5.32 Å². The lowest BCUT2D eigenvalue weighted by Gasteiger charge is -2.08. The topological polar surface area (TPSA) is 113 Å². The standard InChI is InChI=1S/C5H10N2O4/c6-4(9)1-3(5(10)11)7-2-8/h3,7-8H,1-2H2,(H2,6,9)(H,10,11)/t3-/m0/s1. The zero-order valence-corrected chi connectivity index (χ0v) is 5.78. The summed E-state index contributed by atoms with van der Waals surface area (Å²) in [7, 11) is 0. The highest BCUT2D eigenvalue weighted by atomic mass is 16.4. The van der Waals surface area contributed by atoms with E-state index in [0.29, 0.717) is 0 Å². The molecule has 0 aromatic heterocycles. The minimum Gasteiger partial charge on any atom is -0.480 e. The number of primary amides is 1. The molecule has 0 aromatic carbocycles. The van der Waals surface area contributed by atoms with Crippen molar-refractivity contribution in [1.29, 1.82) is 0 Å². The van der Waals surface area contributed by atoms with Crippen LogP contribution in [0.2, 0.25) is 0 Å². The zero-order chi connectivity index (χ0) is 8.85. The van der Waals surface area contributed by atoms with E-state index in [1.807, 2.05) is 0 Å². The van der Waals surface area contributed by atoms with Crippen LogP contribution >= 0.6 is 0 Å². The number of nitrogens with one attached hydrogen (secondary N) is 1. The number of carboxylic acids is 1. The molecule has 0 unspecified atom stereocenters. The van der Waals surface area contributed by atoms with E-state index >= 15 is 0 Å². The van der Waals surface area contributed by atoms with Gasteiger partial charge in [-0.3, -0.25) is 14.9 Å². The third kappa shape index (κ3) is 4.29. The number of rotatable bonds is 5. The molecule has 0 spiro atoms. The highest BCUT2D eigenvalue weighted by Crippen LogP contribution is 1.89. The second-order valence-corrected chi connectivity index (χ2v) is 1.92. The highest BCUT2D eigenvalue weighted by molar-refractivity contribution is 5.83. The molecule has 0 aliphatic carbocycles. The Bertz CT molecular complexity index is 159. The van der Waals surface area contributed by atoms with Crippen molar-refractivity contribution in [3.05, 3.63) is 0 Å². The normalized spacial score (nSPS) is 12.5. The molecule has 0 saturated heterocycles. The van der Waals surface area contributed by atoms with Gasteiger partial charge in [-0.1, -0.05) is 0 Å². The van der Waals surface area contributed by atoms with Gasteiger partial charge in [0.2, 0.25) is 5.91 Å². The zero-order valence-electron chi connectivity index (χ0n) is 5.78. The van der Waals surface area contributed by atoms with E-state index in [1.54, 1.807) is 0 Å². The summed E-state index contributed by atoms with van der Waals surface area (Å²) in [4.78, 5) is 20.5. The lowest BCUT2D eigenvalue weighted by molar-refractivity contribution is -0.141. The Balaban J connectivity index is 3.89. The average Bonchev–Trinajstić information content (AvgIpc) is 1.86. The Kier molecular flexibility index (Phi) is 4.16. The monoisotopic (exact) mass is 162 g/mol. The number of aliphatic carboxylic acids is 1. The van der Waals surface area contributed by atoms with Crippen LogP contribution in [0.15, 0.2) is 0 Å². The van der Waals surface area contributed by atoms with E-state index < -0.39 is 24.6 Å². The predicted molar refractivity (Wildman–Crippen MR) is 35.5 cm³/mol. The molecular weight excluding hydrogens is 152 g/mol. The van der Waals surface area contributed by atoms with E-state index in [9.17, 15) is 9.59 Å². The van der Waals surface area contributed by atoms with Gasteiger partial charge in [-0.15, -0.1) is 0 Å². The molecule has 6 heteroatoms. The van der Waals surface area contributed by atoms with E-state index in [4.69, 9.17) is 15.9 Å². The van der Waals surface area contributed by atoms with Gasteiger partial charge in [-0.25, -0.2) is 0 Å². The maximum absolute atomic E-state index is 10.2. The first kappa shape index (κ1) is 9.86. The lowest BCUT2D eigenvalue weighted by atomic mass is 10.2. The van der Waals surface area contributed by atoms with Gasteiger partial charge in [0, 0.05) is 0 Å². The van der Waals surface area contributed by atoms with Crippen molar-refractivity contribution in [2.75, 3.05) is 6.73 Å². The maximum Gasteiger partial charge on any atom is 0.321 e. The number of amides is 1. The van der Waals surface area contributed by atoms with Crippen LogP contribution < -0.4 is 11.1 Å². The quantitative estimate of drug-likeness (QED) is 0.344. The lowest BCUT2D eigenvalue weighted by Crippen LogP contribution is -2.40. The summed E-state index contributed by atoms with van der Waals surface area (Å²) >= 11 is 0. The molecule has 0 radical (unpaired) electrons. The van der Waals surface area contributed by atoms with Crippen LogP contribution in [-0.4, -0.2) is 34.9 Å². The number of hydrogen-bond acceptors (Lipinski definition) is 4. The smallest absolute Gasteiger partial charge is 0.321 e. The first-order valence-corrected chi connectivity index (χ1v) is 2.93. The molecule has 1 amide bonds. The molecule has 0 bridgehead atoms. The van der Waals surface area contributed by atoms with Crippen LogP contribution in [0.1, 0.15) is 6.42 Å². The van der Waals surface area contributed by atoms with Crippen molar-refractivity contribution < 1.29 is 19.8 Å². The second kappa shape index (κ2) is 4.64. The number of nitrogens with two attached hydrogens (primary N) is 1. The summed E-state index contributed by atoms with van der Waals surface area (Å²) in [5.74, 6) is -1.93. The van der Waals surface area contributed by atoms with Crippen molar-refractivity contribution in [1.82, 2.24) is 5.32 Å². The fourth-order valence-electron chi connectivity index (χ4n) is 0.558. The molecule has 64 valence electrons. The number of carboxylic acid groups (broad SMARTS) is 1. The number of aliphatic hydroxyl groups is 1. The third-order valence-corrected chi connectivity index (χ3v) is 1.04. The fourth-order valence-corrected chi connectivity index (χ4v) is 0.558. The van der Waals surface area contributed by atoms with E-state index in [0.717, 1.165) is 0 Å². The Morgan fingerprint density at radius 3 is 2.36 bits per heavy atom. The van der Waals surface area contributed by atoms with Crippen LogP contribution in [-0.2, 0) is 9.59 Å². The van der Waals surface area contributed by atoms with Crippen molar-refractivity contribution in [2.45, 2.75) is 12.5 Å². The van der Waals surface area contributed by atoms with Crippen LogP contribution in [0.4, 0.5) is 0 Å². The van der Waals surface area contributed by atoms with Gasteiger partial charge < -0.3 is 15.9 Å². The molecule has 0 fully saturated rings. The molecule has 0 aliphatic heterocycles. The summed E-state index contributed by atoms with van der Waals surface area (Å²) < 4.78 is 0. The van der Waals surface area contributed by atoms with Crippen molar-refractivity contribution in [3.63, 3.8) is 0 Å². The van der Waals surface area contributed by atoms with Gasteiger partial charge in [-0.05, 0) is 0 Å². The molecule has 11 heavy (non-hydrogen) atoms. The first-order chi connectivity index (χ1) is 5.07. The SMILES string of the molecule is NC(=O)C[C@H](NCO)C(=O)O. The van der Waals surface area contributed by atoms with Crippen molar-refractivity contribution in [2.24, 2.45) is 5.73 Å². The van der Waals surface area contributed by atoms with E-state index in [1.165, 1.54) is 0 Å². The molecule has 0 aliphatic rings. The number of hydrogen-bond donors (Lipinski definition) is 4. The van der Waals surface area contributed by atoms with Gasteiger partial charge in [-0.2, -0.15) is 0 Å². The van der Waals surface area contributed by atoms with Crippen LogP contribution in [0, 0.1) is 0 Å². The second-order valence-electron chi connectivity index (χ2n) is 1.92. The summed E-state index contributed by atoms with van der Waals surface area (Å²) in [6.45, 7) is -0.496. The third-order valence-electron chi connectivity index (χ3n) is 1.04. The van der Waals surface area contributed by atoms with Crippen LogP contribution in [0.25, 0.3) is 0 Å². The molecule has 5 N–H and O–H groups in total. The minimum absolute atomic E-state index is 0.324. The summed E-state index contributed by atoms with van der Waals surface area (Å²) in [5.41, 5.74) is 4.74. The van der Waals surface area contributed by atoms with Gasteiger partial charge >= 0.3 is 5.97 Å². The molecule has 6 nitrogen and oxygen atoms in total. The first-order valence-electron chi connectivity index (χ1n) is 2.93. The Morgan fingerprint density at radius 2 is 2.09 bits per heavy atom. The summed E-state index contributed by atoms with van der Waals surface area (Å²) in [6, 6.07) is -1.10. The molecule has 1 atom stereocenters. The Labute approximate surface area is 63.0 Å². The Hall–Kier alpha value is -1.14. The maximum atomic E-state index is 10.2. The largest absolute Gasteiger partial charge is 0.480 e. The molecule has 0 saturated carbocycles. The van der Waals surface area contributed by atoms with Crippen LogP contribution in [0.3, 0.4) is 0 Å². The minimum atomic E-state index is -1.21. The van der Waals surface area contributed by atoms with Crippen molar-refractivity contribution >= 4 is 11.9 Å². The number of carbonyl (C=O) groups is 2. The molecule has 0 heterocycles. The van der Waals surface area contributed by atoms with Crippen LogP contribution in [0.5, 0.6) is 0 Å². The fraction of sp³-hybridized carbons (Fsp3) is 0.600. The summed E-state index contributed by atoms with van der Waals surface area (Å²) in [5, 5.41) is 18.8. The van der Waals surface area contributed by atoms with Gasteiger partial charge in [0.1, 0.15) is 6.04 Å². The average molecular weight is 162 g/mol.